The number of carbonyl (C=O) groups is 3. The van der Waals surface area contributed by atoms with Gasteiger partial charge < -0.3 is 28.6 Å². The van der Waals surface area contributed by atoms with E-state index < -0.39 is 18.1 Å². The maximum atomic E-state index is 12.6. The highest BCUT2D eigenvalue weighted by atomic mass is 16.6. The van der Waals surface area contributed by atoms with Crippen molar-refractivity contribution in [3.63, 3.8) is 0 Å². The average molecular weight is 654 g/mol. The van der Waals surface area contributed by atoms with Gasteiger partial charge in [-0.05, 0) is 32.1 Å². The van der Waals surface area contributed by atoms with Crippen LogP contribution in [0.3, 0.4) is 0 Å². The van der Waals surface area contributed by atoms with Gasteiger partial charge in [0.2, 0.25) is 0 Å². The van der Waals surface area contributed by atoms with Gasteiger partial charge in [-0.1, -0.05) is 122 Å². The number of likely N-dealkylation sites (N-methyl/N-ethyl adjacent to an activating group) is 1. The van der Waals surface area contributed by atoms with Crippen LogP contribution in [0.5, 0.6) is 0 Å². The SMILES string of the molecule is CCC/C=C\CCCCCCCC(=O)OC(COCCC(C(=O)[O-])[N+](C)(C)C)COC(=O)CCCCCCCCCCCCCC. The first kappa shape index (κ1) is 44.1. The second-order valence-corrected chi connectivity index (χ2v) is 13.8. The lowest BCUT2D eigenvalue weighted by molar-refractivity contribution is -0.889. The first-order valence-electron chi connectivity index (χ1n) is 18.7. The van der Waals surface area contributed by atoms with Gasteiger partial charge in [0.25, 0.3) is 0 Å². The van der Waals surface area contributed by atoms with Crippen LogP contribution in [0.1, 0.15) is 162 Å². The van der Waals surface area contributed by atoms with Crippen LogP contribution in [0.4, 0.5) is 0 Å². The summed E-state index contributed by atoms with van der Waals surface area (Å²) in [5.41, 5.74) is 0. The van der Waals surface area contributed by atoms with Crippen LogP contribution in [0.15, 0.2) is 12.2 Å². The van der Waals surface area contributed by atoms with Crippen molar-refractivity contribution >= 4 is 17.9 Å². The van der Waals surface area contributed by atoms with E-state index in [1.807, 2.05) is 0 Å². The van der Waals surface area contributed by atoms with E-state index in [4.69, 9.17) is 14.2 Å². The van der Waals surface area contributed by atoms with Gasteiger partial charge in [0.15, 0.2) is 6.10 Å². The molecule has 270 valence electrons. The number of rotatable bonds is 33. The number of nitrogens with zero attached hydrogens (tertiary/aromatic N) is 1. The molecule has 0 aromatic rings. The zero-order valence-corrected chi connectivity index (χ0v) is 30.5. The van der Waals surface area contributed by atoms with Crippen molar-refractivity contribution in [3.8, 4) is 0 Å². The summed E-state index contributed by atoms with van der Waals surface area (Å²) in [6.07, 6.45) is 28.0. The number of carboxylic acids is 1. The Bertz CT molecular complexity index is 778. The Morgan fingerprint density at radius 3 is 1.65 bits per heavy atom. The Morgan fingerprint density at radius 2 is 1.13 bits per heavy atom. The number of unbranched alkanes of at least 4 members (excludes halogenated alkanes) is 17. The van der Waals surface area contributed by atoms with Gasteiger partial charge in [-0.2, -0.15) is 0 Å². The van der Waals surface area contributed by atoms with E-state index in [1.165, 1.54) is 70.6 Å². The molecule has 0 heterocycles. The predicted molar refractivity (Wildman–Crippen MR) is 185 cm³/mol. The maximum Gasteiger partial charge on any atom is 0.306 e. The monoisotopic (exact) mass is 654 g/mol. The van der Waals surface area contributed by atoms with Gasteiger partial charge in [0, 0.05) is 19.3 Å². The van der Waals surface area contributed by atoms with Crippen molar-refractivity contribution in [2.75, 3.05) is 41.0 Å². The van der Waals surface area contributed by atoms with Gasteiger partial charge >= 0.3 is 11.9 Å². The van der Waals surface area contributed by atoms with Crippen molar-refractivity contribution in [1.29, 1.82) is 0 Å². The molecular weight excluding hydrogens is 582 g/mol. The summed E-state index contributed by atoms with van der Waals surface area (Å²) in [6.45, 7) is 4.58. The summed E-state index contributed by atoms with van der Waals surface area (Å²) >= 11 is 0. The van der Waals surface area contributed by atoms with Crippen molar-refractivity contribution in [3.05, 3.63) is 12.2 Å². The molecular formula is C38H71NO7. The fourth-order valence-corrected chi connectivity index (χ4v) is 5.42. The van der Waals surface area contributed by atoms with Gasteiger partial charge in [0.1, 0.15) is 12.6 Å². The maximum absolute atomic E-state index is 12.6. The molecule has 2 atom stereocenters. The van der Waals surface area contributed by atoms with E-state index >= 15 is 0 Å². The highest BCUT2D eigenvalue weighted by Crippen LogP contribution is 2.14. The summed E-state index contributed by atoms with van der Waals surface area (Å²) in [6, 6.07) is -0.721. The minimum atomic E-state index is -1.13. The van der Waals surface area contributed by atoms with Crippen molar-refractivity contribution in [2.24, 2.45) is 0 Å². The van der Waals surface area contributed by atoms with Crippen LogP contribution in [0.25, 0.3) is 0 Å². The summed E-state index contributed by atoms with van der Waals surface area (Å²) in [5.74, 6) is -1.74. The molecule has 8 nitrogen and oxygen atoms in total. The molecule has 0 aromatic heterocycles. The third-order valence-electron chi connectivity index (χ3n) is 8.38. The van der Waals surface area contributed by atoms with Crippen molar-refractivity contribution in [1.82, 2.24) is 0 Å². The van der Waals surface area contributed by atoms with Gasteiger partial charge in [-0.25, -0.2) is 0 Å². The minimum Gasteiger partial charge on any atom is -0.544 e. The fourth-order valence-electron chi connectivity index (χ4n) is 5.42. The Morgan fingerprint density at radius 1 is 0.630 bits per heavy atom. The van der Waals surface area contributed by atoms with Crippen LogP contribution in [0.2, 0.25) is 0 Å². The molecule has 0 spiro atoms. The summed E-state index contributed by atoms with van der Waals surface area (Å²) < 4.78 is 17.0. The normalized spacial score (nSPS) is 13.2. The summed E-state index contributed by atoms with van der Waals surface area (Å²) in [4.78, 5) is 36.5. The van der Waals surface area contributed by atoms with Crippen LogP contribution >= 0.6 is 0 Å². The lowest BCUT2D eigenvalue weighted by atomic mass is 10.0. The Kier molecular flexibility index (Phi) is 29.1. The number of aliphatic carboxylic acids is 1. The number of hydrogen-bond donors (Lipinski definition) is 0. The van der Waals surface area contributed by atoms with E-state index in [9.17, 15) is 19.5 Å². The highest BCUT2D eigenvalue weighted by molar-refractivity contribution is 5.70. The highest BCUT2D eigenvalue weighted by Gasteiger charge is 2.25. The van der Waals surface area contributed by atoms with E-state index in [0.29, 0.717) is 12.8 Å². The van der Waals surface area contributed by atoms with Crippen LogP contribution in [0, 0.1) is 0 Å². The summed E-state index contributed by atoms with van der Waals surface area (Å²) in [7, 11) is 5.39. The van der Waals surface area contributed by atoms with E-state index in [1.54, 1.807) is 21.1 Å². The van der Waals surface area contributed by atoms with Crippen molar-refractivity contribution < 1.29 is 38.2 Å². The van der Waals surface area contributed by atoms with Crippen molar-refractivity contribution in [2.45, 2.75) is 174 Å². The van der Waals surface area contributed by atoms with Gasteiger partial charge in [-0.3, -0.25) is 9.59 Å². The number of carboxylic acid groups (broad SMARTS) is 1. The van der Waals surface area contributed by atoms with Crippen LogP contribution in [-0.2, 0) is 28.6 Å². The Balaban J connectivity index is 4.42. The van der Waals surface area contributed by atoms with Crippen LogP contribution < -0.4 is 5.11 Å². The topological polar surface area (TPSA) is 102 Å². The molecule has 8 heteroatoms. The lowest BCUT2D eigenvalue weighted by Crippen LogP contribution is -2.55. The fraction of sp³-hybridized carbons (Fsp3) is 0.868. The molecule has 0 saturated carbocycles. The molecule has 0 N–H and O–H groups in total. The second kappa shape index (κ2) is 30.4. The van der Waals surface area contributed by atoms with E-state index in [0.717, 1.165) is 57.8 Å². The Hall–Kier alpha value is -1.93. The second-order valence-electron chi connectivity index (χ2n) is 13.8. The van der Waals surface area contributed by atoms with Gasteiger partial charge in [-0.15, -0.1) is 0 Å². The number of carbonyl (C=O) groups excluding carboxylic acids is 3. The quantitative estimate of drug-likeness (QED) is 0.0308. The number of esters is 2. The number of allylic oxidation sites excluding steroid dienone is 2. The smallest absolute Gasteiger partial charge is 0.306 e. The van der Waals surface area contributed by atoms with E-state index in [-0.39, 0.29) is 42.7 Å². The molecule has 0 bridgehead atoms. The molecule has 2 unspecified atom stereocenters. The predicted octanol–water partition coefficient (Wildman–Crippen LogP) is 7.85. The first-order chi connectivity index (χ1) is 22.1. The largest absolute Gasteiger partial charge is 0.544 e. The third kappa shape index (κ3) is 28.3. The zero-order valence-electron chi connectivity index (χ0n) is 30.5. The number of ether oxygens (including phenoxy) is 3. The lowest BCUT2D eigenvalue weighted by Gasteiger charge is -2.34. The third-order valence-corrected chi connectivity index (χ3v) is 8.38. The molecule has 0 aliphatic carbocycles. The molecule has 0 aromatic carbocycles. The molecule has 0 fully saturated rings. The minimum absolute atomic E-state index is 0.0417. The number of quaternary nitrogens is 1. The molecule has 0 saturated heterocycles. The number of hydrogen-bond acceptors (Lipinski definition) is 7. The molecule has 0 aliphatic rings. The molecule has 0 radical (unpaired) electrons. The first-order valence-corrected chi connectivity index (χ1v) is 18.7. The van der Waals surface area contributed by atoms with Gasteiger partial charge in [0.05, 0.1) is 40.3 Å². The zero-order chi connectivity index (χ0) is 34.3. The Labute approximate surface area is 282 Å². The standard InChI is InChI=1S/C38H71NO7/c1-6-8-10-12-14-16-18-19-21-22-24-26-28-36(40)45-33-34(32-44-31-30-35(38(42)43)39(3,4)5)46-37(41)29-27-25-23-20-17-15-13-11-9-7-2/h11,13,34-35H,6-10,12,14-33H2,1-5H3/b13-11-. The molecule has 0 aliphatic heterocycles. The van der Waals surface area contributed by atoms with Crippen LogP contribution in [-0.4, -0.2) is 75.5 Å². The van der Waals surface area contributed by atoms with E-state index in [2.05, 4.69) is 26.0 Å². The molecule has 0 rings (SSSR count). The summed E-state index contributed by atoms with van der Waals surface area (Å²) in [5, 5.41) is 11.5. The average Bonchev–Trinajstić information content (AvgIpc) is 3.00. The molecule has 46 heavy (non-hydrogen) atoms. The molecule has 0 amide bonds.